The van der Waals surface area contributed by atoms with Crippen LogP contribution in [0.5, 0.6) is 0 Å². The van der Waals surface area contributed by atoms with E-state index in [9.17, 15) is 9.59 Å². The summed E-state index contributed by atoms with van der Waals surface area (Å²) in [6.45, 7) is 2.78. The first kappa shape index (κ1) is 15.3. The predicted octanol–water partition coefficient (Wildman–Crippen LogP) is 3.22. The van der Waals surface area contributed by atoms with Crippen LogP contribution in [0.25, 0.3) is 0 Å². The molecule has 4 nitrogen and oxygen atoms in total. The van der Waals surface area contributed by atoms with Gasteiger partial charge in [0, 0.05) is 18.7 Å². The zero-order valence-electron chi connectivity index (χ0n) is 13.1. The van der Waals surface area contributed by atoms with E-state index < -0.39 is 5.97 Å². The highest BCUT2D eigenvalue weighted by molar-refractivity contribution is 5.96. The maximum atomic E-state index is 12.5. The second-order valence-electron chi connectivity index (χ2n) is 5.88. The molecule has 0 unspecified atom stereocenters. The van der Waals surface area contributed by atoms with Crippen molar-refractivity contribution in [1.29, 1.82) is 0 Å². The number of carboxylic acid groups (broad SMARTS) is 1. The molecular weight excluding hydrogens is 290 g/mol. The van der Waals surface area contributed by atoms with Crippen LogP contribution < -0.4 is 4.90 Å². The van der Waals surface area contributed by atoms with Gasteiger partial charge in [0.15, 0.2) is 0 Å². The molecule has 0 saturated heterocycles. The molecule has 23 heavy (non-hydrogen) atoms. The maximum absolute atomic E-state index is 12.5. The quantitative estimate of drug-likeness (QED) is 0.943. The van der Waals surface area contributed by atoms with E-state index in [1.54, 1.807) is 24.3 Å². The SMILES string of the molecule is Cc1cccc2c1N(C(=O)CCc1ccc(C(=O)O)cc1)CC2. The first-order chi connectivity index (χ1) is 11.1. The fraction of sp³-hybridized carbons (Fsp3) is 0.263. The molecule has 1 amide bonds. The molecule has 2 aromatic rings. The van der Waals surface area contributed by atoms with E-state index in [-0.39, 0.29) is 11.5 Å². The summed E-state index contributed by atoms with van der Waals surface area (Å²) in [5, 5.41) is 8.90. The third-order valence-electron chi connectivity index (χ3n) is 4.33. The molecule has 0 saturated carbocycles. The molecule has 2 aromatic carbocycles. The number of nitrogens with zero attached hydrogens (tertiary/aromatic N) is 1. The minimum absolute atomic E-state index is 0.125. The van der Waals surface area contributed by atoms with Crippen molar-refractivity contribution in [2.24, 2.45) is 0 Å². The molecule has 118 valence electrons. The molecular formula is C19H19NO3. The molecule has 3 rings (SSSR count). The van der Waals surface area contributed by atoms with Gasteiger partial charge in [-0.15, -0.1) is 0 Å². The lowest BCUT2D eigenvalue weighted by Crippen LogP contribution is -2.29. The van der Waals surface area contributed by atoms with E-state index in [1.165, 1.54) is 5.56 Å². The molecule has 0 atom stereocenters. The van der Waals surface area contributed by atoms with Gasteiger partial charge in [-0.25, -0.2) is 4.79 Å². The van der Waals surface area contributed by atoms with Crippen LogP contribution in [-0.4, -0.2) is 23.5 Å². The van der Waals surface area contributed by atoms with Crippen LogP contribution in [0.2, 0.25) is 0 Å². The molecule has 0 aliphatic carbocycles. The summed E-state index contributed by atoms with van der Waals surface area (Å²) >= 11 is 0. The zero-order chi connectivity index (χ0) is 16.4. The van der Waals surface area contributed by atoms with Gasteiger partial charge in [-0.05, 0) is 48.6 Å². The fourth-order valence-electron chi connectivity index (χ4n) is 3.10. The van der Waals surface area contributed by atoms with Crippen LogP contribution in [-0.2, 0) is 17.6 Å². The third-order valence-corrected chi connectivity index (χ3v) is 4.33. The normalized spacial score (nSPS) is 13.0. The Bertz CT molecular complexity index is 750. The van der Waals surface area contributed by atoms with Gasteiger partial charge in [-0.1, -0.05) is 30.3 Å². The molecule has 1 heterocycles. The van der Waals surface area contributed by atoms with E-state index in [0.717, 1.165) is 29.8 Å². The van der Waals surface area contributed by atoms with Gasteiger partial charge in [0.25, 0.3) is 0 Å². The van der Waals surface area contributed by atoms with E-state index in [4.69, 9.17) is 5.11 Å². The number of anilines is 1. The van der Waals surface area contributed by atoms with Crippen LogP contribution in [0.1, 0.15) is 33.5 Å². The summed E-state index contributed by atoms with van der Waals surface area (Å²) in [6.07, 6.45) is 1.96. The van der Waals surface area contributed by atoms with Crippen molar-refractivity contribution >= 4 is 17.6 Å². The fourth-order valence-corrected chi connectivity index (χ4v) is 3.10. The number of carbonyl (C=O) groups excluding carboxylic acids is 1. The number of amides is 1. The third kappa shape index (κ3) is 3.11. The summed E-state index contributed by atoms with van der Waals surface area (Å²) in [5.41, 5.74) is 4.69. The maximum Gasteiger partial charge on any atom is 0.335 e. The molecule has 0 bridgehead atoms. The van der Waals surface area contributed by atoms with Crippen LogP contribution in [0.4, 0.5) is 5.69 Å². The van der Waals surface area contributed by atoms with Crippen LogP contribution in [0.15, 0.2) is 42.5 Å². The second kappa shape index (κ2) is 6.24. The van der Waals surface area contributed by atoms with Gasteiger partial charge < -0.3 is 10.0 Å². The summed E-state index contributed by atoms with van der Waals surface area (Å²) in [6, 6.07) is 12.9. The van der Waals surface area contributed by atoms with Crippen LogP contribution in [0.3, 0.4) is 0 Å². The number of aromatic carboxylic acids is 1. The summed E-state index contributed by atoms with van der Waals surface area (Å²) < 4.78 is 0. The van der Waals surface area contributed by atoms with Gasteiger partial charge in [0.1, 0.15) is 0 Å². The van der Waals surface area contributed by atoms with Crippen molar-refractivity contribution in [3.63, 3.8) is 0 Å². The highest BCUT2D eigenvalue weighted by Gasteiger charge is 2.25. The van der Waals surface area contributed by atoms with E-state index in [1.807, 2.05) is 24.0 Å². The molecule has 0 radical (unpaired) electrons. The molecule has 1 aliphatic heterocycles. The highest BCUT2D eigenvalue weighted by atomic mass is 16.4. The second-order valence-corrected chi connectivity index (χ2v) is 5.88. The van der Waals surface area contributed by atoms with Gasteiger partial charge in [0.2, 0.25) is 5.91 Å². The smallest absolute Gasteiger partial charge is 0.335 e. The Morgan fingerprint density at radius 3 is 2.57 bits per heavy atom. The topological polar surface area (TPSA) is 57.6 Å². The molecule has 0 fully saturated rings. The number of carbonyl (C=O) groups is 2. The van der Waals surface area contributed by atoms with Gasteiger partial charge in [-0.3, -0.25) is 4.79 Å². The van der Waals surface area contributed by atoms with Crippen LogP contribution >= 0.6 is 0 Å². The average molecular weight is 309 g/mol. The van der Waals surface area contributed by atoms with Crippen molar-refractivity contribution in [3.05, 3.63) is 64.7 Å². The molecule has 0 spiro atoms. The Morgan fingerprint density at radius 1 is 1.13 bits per heavy atom. The van der Waals surface area contributed by atoms with Crippen molar-refractivity contribution in [3.8, 4) is 0 Å². The van der Waals surface area contributed by atoms with E-state index in [2.05, 4.69) is 6.07 Å². The van der Waals surface area contributed by atoms with Crippen molar-refractivity contribution in [2.45, 2.75) is 26.2 Å². The van der Waals surface area contributed by atoms with Gasteiger partial charge in [0.05, 0.1) is 5.56 Å². The number of carboxylic acids is 1. The first-order valence-corrected chi connectivity index (χ1v) is 7.77. The van der Waals surface area contributed by atoms with Crippen molar-refractivity contribution in [1.82, 2.24) is 0 Å². The largest absolute Gasteiger partial charge is 0.478 e. The zero-order valence-corrected chi connectivity index (χ0v) is 13.1. The number of aryl methyl sites for hydroxylation is 2. The lowest BCUT2D eigenvalue weighted by Gasteiger charge is -2.19. The Kier molecular flexibility index (Phi) is 4.15. The van der Waals surface area contributed by atoms with Crippen molar-refractivity contribution < 1.29 is 14.7 Å². The Labute approximate surface area is 135 Å². The van der Waals surface area contributed by atoms with Crippen molar-refractivity contribution in [2.75, 3.05) is 11.4 Å². The molecule has 1 N–H and O–H groups in total. The number of fused-ring (bicyclic) bond motifs is 1. The number of hydrogen-bond donors (Lipinski definition) is 1. The van der Waals surface area contributed by atoms with Gasteiger partial charge >= 0.3 is 5.97 Å². The monoisotopic (exact) mass is 309 g/mol. The summed E-state index contributed by atoms with van der Waals surface area (Å²) in [7, 11) is 0. The number of hydrogen-bond acceptors (Lipinski definition) is 2. The first-order valence-electron chi connectivity index (χ1n) is 7.77. The highest BCUT2D eigenvalue weighted by Crippen LogP contribution is 2.31. The van der Waals surface area contributed by atoms with Crippen LogP contribution in [0, 0.1) is 6.92 Å². The number of para-hydroxylation sites is 1. The summed E-state index contributed by atoms with van der Waals surface area (Å²) in [5.74, 6) is -0.808. The number of rotatable bonds is 4. The molecule has 1 aliphatic rings. The standard InChI is InChI=1S/C19H19NO3/c1-13-3-2-4-15-11-12-20(18(13)15)17(21)10-7-14-5-8-16(9-6-14)19(22)23/h2-6,8-9H,7,10-12H2,1H3,(H,22,23). The minimum Gasteiger partial charge on any atom is -0.478 e. The lowest BCUT2D eigenvalue weighted by atomic mass is 10.1. The predicted molar refractivity (Wildman–Crippen MR) is 89.0 cm³/mol. The Morgan fingerprint density at radius 2 is 1.87 bits per heavy atom. The molecule has 0 aromatic heterocycles. The Hall–Kier alpha value is -2.62. The van der Waals surface area contributed by atoms with E-state index in [0.29, 0.717) is 12.8 Å². The Balaban J connectivity index is 1.66. The summed E-state index contributed by atoms with van der Waals surface area (Å²) in [4.78, 5) is 25.3. The van der Waals surface area contributed by atoms with Gasteiger partial charge in [-0.2, -0.15) is 0 Å². The number of benzene rings is 2. The average Bonchev–Trinajstić information content (AvgIpc) is 2.98. The van der Waals surface area contributed by atoms with E-state index >= 15 is 0 Å². The minimum atomic E-state index is -0.934. The lowest BCUT2D eigenvalue weighted by molar-refractivity contribution is -0.118. The molecule has 4 heteroatoms.